The Morgan fingerprint density at radius 3 is 3.12 bits per heavy atom. The molecule has 0 unspecified atom stereocenters. The summed E-state index contributed by atoms with van der Waals surface area (Å²) in [5.74, 6) is 3.31. The van der Waals surface area contributed by atoms with Crippen molar-refractivity contribution in [2.45, 2.75) is 51.0 Å². The standard InChI is InChI=1S/C20H28N4O2/c1-13-22-20(24-23-13)16-10-17(18(25)11-16)12-21-7-2-3-14-4-5-19-15(9-14)6-8-26-19/h4-5,9,16-18,21,25H,2-3,6-8,10-12H2,1H3,(H,22,23,24)/t16-,17+,18+/m0/s1. The van der Waals surface area contributed by atoms with Crippen LogP contribution in [0.25, 0.3) is 0 Å². The fourth-order valence-corrected chi connectivity index (χ4v) is 4.18. The highest BCUT2D eigenvalue weighted by atomic mass is 16.5. The molecular formula is C20H28N4O2. The molecule has 1 fully saturated rings. The predicted molar refractivity (Wildman–Crippen MR) is 99.4 cm³/mol. The lowest BCUT2D eigenvalue weighted by molar-refractivity contribution is 0.131. The normalized spacial score (nSPS) is 24.6. The first-order chi connectivity index (χ1) is 12.7. The van der Waals surface area contributed by atoms with Gasteiger partial charge >= 0.3 is 0 Å². The molecule has 1 aliphatic carbocycles. The van der Waals surface area contributed by atoms with E-state index in [9.17, 15) is 5.11 Å². The molecule has 3 N–H and O–H groups in total. The monoisotopic (exact) mass is 356 g/mol. The Kier molecular flexibility index (Phi) is 5.22. The number of aromatic amines is 1. The average molecular weight is 356 g/mol. The smallest absolute Gasteiger partial charge is 0.153 e. The van der Waals surface area contributed by atoms with Gasteiger partial charge in [0.1, 0.15) is 11.6 Å². The van der Waals surface area contributed by atoms with Crippen molar-refractivity contribution >= 4 is 0 Å². The summed E-state index contributed by atoms with van der Waals surface area (Å²) in [4.78, 5) is 4.42. The fourth-order valence-electron chi connectivity index (χ4n) is 4.18. The van der Waals surface area contributed by atoms with E-state index in [1.54, 1.807) is 0 Å². The van der Waals surface area contributed by atoms with E-state index in [1.165, 1.54) is 11.1 Å². The van der Waals surface area contributed by atoms with Crippen LogP contribution < -0.4 is 10.1 Å². The molecule has 1 aromatic heterocycles. The fraction of sp³-hybridized carbons (Fsp3) is 0.600. The average Bonchev–Trinajstić information content (AvgIpc) is 3.34. The highest BCUT2D eigenvalue weighted by Gasteiger charge is 2.35. The number of nitrogens with one attached hydrogen (secondary N) is 2. The second-order valence-electron chi connectivity index (χ2n) is 7.62. The zero-order valence-corrected chi connectivity index (χ0v) is 15.4. The van der Waals surface area contributed by atoms with Crippen molar-refractivity contribution in [2.75, 3.05) is 19.7 Å². The quantitative estimate of drug-likeness (QED) is 0.662. The molecule has 1 saturated carbocycles. The third kappa shape index (κ3) is 3.91. The molecule has 0 amide bonds. The molecule has 0 bridgehead atoms. The van der Waals surface area contributed by atoms with Crippen LogP contribution in [0.4, 0.5) is 0 Å². The number of aliphatic hydroxyl groups is 1. The van der Waals surface area contributed by atoms with Crippen molar-refractivity contribution in [3.05, 3.63) is 41.0 Å². The summed E-state index contributed by atoms with van der Waals surface area (Å²) in [7, 11) is 0. The van der Waals surface area contributed by atoms with Crippen LogP contribution in [0.1, 0.15) is 48.0 Å². The Morgan fingerprint density at radius 1 is 1.35 bits per heavy atom. The van der Waals surface area contributed by atoms with Crippen LogP contribution in [-0.4, -0.2) is 46.1 Å². The number of aromatic nitrogens is 3. The van der Waals surface area contributed by atoms with E-state index in [-0.39, 0.29) is 17.9 Å². The van der Waals surface area contributed by atoms with E-state index < -0.39 is 0 Å². The summed E-state index contributed by atoms with van der Waals surface area (Å²) >= 11 is 0. The van der Waals surface area contributed by atoms with Gasteiger partial charge in [-0.05, 0) is 62.3 Å². The van der Waals surface area contributed by atoms with Gasteiger partial charge in [-0.3, -0.25) is 5.10 Å². The largest absolute Gasteiger partial charge is 0.493 e. The maximum absolute atomic E-state index is 10.3. The summed E-state index contributed by atoms with van der Waals surface area (Å²) in [6, 6.07) is 6.56. The Balaban J connectivity index is 1.18. The first kappa shape index (κ1) is 17.5. The molecule has 26 heavy (non-hydrogen) atoms. The lowest BCUT2D eigenvalue weighted by atomic mass is 10.0. The molecule has 2 heterocycles. The van der Waals surface area contributed by atoms with Crippen molar-refractivity contribution in [3.63, 3.8) is 0 Å². The van der Waals surface area contributed by atoms with Crippen LogP contribution in [0, 0.1) is 12.8 Å². The Labute approximate surface area is 154 Å². The lowest BCUT2D eigenvalue weighted by Crippen LogP contribution is -2.28. The van der Waals surface area contributed by atoms with Gasteiger partial charge in [-0.15, -0.1) is 0 Å². The van der Waals surface area contributed by atoms with Gasteiger partial charge in [0.2, 0.25) is 0 Å². The number of H-pyrrole nitrogens is 1. The maximum atomic E-state index is 10.3. The number of fused-ring (bicyclic) bond motifs is 1. The minimum Gasteiger partial charge on any atom is -0.493 e. The molecule has 1 aromatic carbocycles. The summed E-state index contributed by atoms with van der Waals surface area (Å²) in [6.45, 7) is 4.56. The van der Waals surface area contributed by atoms with E-state index in [4.69, 9.17) is 4.74 Å². The zero-order valence-electron chi connectivity index (χ0n) is 15.4. The minimum atomic E-state index is -0.261. The molecule has 3 atom stereocenters. The van der Waals surface area contributed by atoms with Crippen LogP contribution >= 0.6 is 0 Å². The molecule has 0 radical (unpaired) electrons. The second-order valence-corrected chi connectivity index (χ2v) is 7.62. The molecule has 4 rings (SSSR count). The highest BCUT2D eigenvalue weighted by molar-refractivity contribution is 5.39. The number of hydrogen-bond donors (Lipinski definition) is 3. The molecule has 0 spiro atoms. The zero-order chi connectivity index (χ0) is 17.9. The number of nitrogens with zero attached hydrogens (tertiary/aromatic N) is 2. The molecule has 140 valence electrons. The summed E-state index contributed by atoms with van der Waals surface area (Å²) in [5, 5.41) is 21.0. The van der Waals surface area contributed by atoms with Crippen LogP contribution in [0.15, 0.2) is 18.2 Å². The Morgan fingerprint density at radius 2 is 2.27 bits per heavy atom. The van der Waals surface area contributed by atoms with Gasteiger partial charge in [-0.25, -0.2) is 4.98 Å². The van der Waals surface area contributed by atoms with Crippen LogP contribution in [-0.2, 0) is 12.8 Å². The van der Waals surface area contributed by atoms with Gasteiger partial charge in [-0.1, -0.05) is 12.1 Å². The summed E-state index contributed by atoms with van der Waals surface area (Å²) in [5.41, 5.74) is 2.73. The minimum absolute atomic E-state index is 0.261. The van der Waals surface area contributed by atoms with E-state index in [2.05, 4.69) is 38.7 Å². The van der Waals surface area contributed by atoms with Crippen molar-refractivity contribution in [1.82, 2.24) is 20.5 Å². The van der Waals surface area contributed by atoms with E-state index in [1.807, 2.05) is 6.92 Å². The first-order valence-electron chi connectivity index (χ1n) is 9.71. The first-order valence-corrected chi connectivity index (χ1v) is 9.71. The van der Waals surface area contributed by atoms with Crippen molar-refractivity contribution in [2.24, 2.45) is 5.92 Å². The van der Waals surface area contributed by atoms with Crippen molar-refractivity contribution < 1.29 is 9.84 Å². The molecule has 6 nitrogen and oxygen atoms in total. The molecule has 1 aliphatic heterocycles. The van der Waals surface area contributed by atoms with Crippen LogP contribution in [0.3, 0.4) is 0 Å². The number of aliphatic hydroxyl groups excluding tert-OH is 1. The Bertz CT molecular complexity index is 745. The van der Waals surface area contributed by atoms with Crippen LogP contribution in [0.2, 0.25) is 0 Å². The second kappa shape index (κ2) is 7.76. The summed E-state index contributed by atoms with van der Waals surface area (Å²) < 4.78 is 5.56. The van der Waals surface area contributed by atoms with Gasteiger partial charge in [0.15, 0.2) is 5.82 Å². The molecule has 2 aliphatic rings. The third-order valence-corrected chi connectivity index (χ3v) is 5.62. The van der Waals surface area contributed by atoms with Gasteiger partial charge < -0.3 is 15.2 Å². The number of rotatable bonds is 7. The highest BCUT2D eigenvalue weighted by Crippen LogP contribution is 2.36. The Hall–Kier alpha value is -1.92. The van der Waals surface area contributed by atoms with Crippen LogP contribution in [0.5, 0.6) is 5.75 Å². The van der Waals surface area contributed by atoms with Crippen molar-refractivity contribution in [1.29, 1.82) is 0 Å². The van der Waals surface area contributed by atoms with E-state index in [0.717, 1.165) is 69.2 Å². The molecule has 0 saturated heterocycles. The maximum Gasteiger partial charge on any atom is 0.153 e. The number of aryl methyl sites for hydroxylation is 2. The summed E-state index contributed by atoms with van der Waals surface area (Å²) in [6.07, 6.45) is 4.67. The van der Waals surface area contributed by atoms with Gasteiger partial charge in [0.05, 0.1) is 12.7 Å². The molecular weight excluding hydrogens is 328 g/mol. The third-order valence-electron chi connectivity index (χ3n) is 5.62. The predicted octanol–water partition coefficient (Wildman–Crippen LogP) is 2.12. The van der Waals surface area contributed by atoms with E-state index >= 15 is 0 Å². The topological polar surface area (TPSA) is 83.1 Å². The molecule has 2 aromatic rings. The van der Waals surface area contributed by atoms with Gasteiger partial charge in [0.25, 0.3) is 0 Å². The lowest BCUT2D eigenvalue weighted by Gasteiger charge is -2.15. The van der Waals surface area contributed by atoms with Gasteiger partial charge in [-0.2, -0.15) is 5.10 Å². The van der Waals surface area contributed by atoms with Gasteiger partial charge in [0, 0.05) is 18.9 Å². The number of benzene rings is 1. The SMILES string of the molecule is Cc1nc([C@H]2C[C@H](CNCCCc3ccc4c(c3)CCO4)[C@H](O)C2)n[nH]1. The molecule has 6 heteroatoms. The number of hydrogen-bond acceptors (Lipinski definition) is 5. The number of ether oxygens (including phenoxy) is 1. The van der Waals surface area contributed by atoms with E-state index in [0.29, 0.717) is 0 Å². The van der Waals surface area contributed by atoms with Crippen molar-refractivity contribution in [3.8, 4) is 5.75 Å².